The van der Waals surface area contributed by atoms with Gasteiger partial charge in [0.15, 0.2) is 18.1 Å². The van der Waals surface area contributed by atoms with Crippen LogP contribution >= 0.6 is 0 Å². The Morgan fingerprint density at radius 1 is 1.27 bits per heavy atom. The van der Waals surface area contributed by atoms with Gasteiger partial charge in [-0.15, -0.1) is 0 Å². The fourth-order valence-electron chi connectivity index (χ4n) is 1.78. The molecule has 0 aliphatic heterocycles. The summed E-state index contributed by atoms with van der Waals surface area (Å²) < 4.78 is 16.0. The average Bonchev–Trinajstić information content (AvgIpc) is 3.05. The third-order valence-corrected chi connectivity index (χ3v) is 2.80. The Morgan fingerprint density at radius 2 is 2.14 bits per heavy atom. The number of carbonyl (C=O) groups is 2. The molecule has 0 bridgehead atoms. The summed E-state index contributed by atoms with van der Waals surface area (Å²) in [6.45, 7) is 2.41. The highest BCUT2D eigenvalue weighted by molar-refractivity contribution is 5.78. The van der Waals surface area contributed by atoms with E-state index in [0.717, 1.165) is 6.29 Å². The highest BCUT2D eigenvalue weighted by Gasteiger charge is 2.09. The van der Waals surface area contributed by atoms with Gasteiger partial charge in [0, 0.05) is 5.56 Å². The van der Waals surface area contributed by atoms with E-state index in [-0.39, 0.29) is 12.5 Å². The summed E-state index contributed by atoms with van der Waals surface area (Å²) in [5, 5.41) is 2.67. The molecule has 0 radical (unpaired) electrons. The first-order valence-electron chi connectivity index (χ1n) is 6.87. The zero-order valence-electron chi connectivity index (χ0n) is 12.2. The third kappa shape index (κ3) is 4.37. The first-order chi connectivity index (χ1) is 10.7. The summed E-state index contributed by atoms with van der Waals surface area (Å²) in [4.78, 5) is 22.5. The maximum atomic E-state index is 11.7. The number of carbonyl (C=O) groups excluding carboxylic acids is 2. The number of aldehydes is 1. The second-order valence-electron chi connectivity index (χ2n) is 4.40. The minimum absolute atomic E-state index is 0.152. The Kier molecular flexibility index (Phi) is 5.59. The zero-order valence-corrected chi connectivity index (χ0v) is 12.2. The zero-order chi connectivity index (χ0) is 15.8. The predicted molar refractivity (Wildman–Crippen MR) is 79.0 cm³/mol. The highest BCUT2D eigenvalue weighted by atomic mass is 16.5. The Labute approximate surface area is 128 Å². The number of benzene rings is 1. The topological polar surface area (TPSA) is 77.8 Å². The lowest BCUT2D eigenvalue weighted by atomic mass is 10.2. The molecule has 0 unspecified atom stereocenters. The molecule has 1 aromatic heterocycles. The standard InChI is InChI=1S/C16H17NO5/c1-2-20-15-8-12(10-18)5-6-14(15)22-11-16(19)17-9-13-4-3-7-21-13/h3-8,10H,2,9,11H2,1H3,(H,17,19). The lowest BCUT2D eigenvalue weighted by molar-refractivity contribution is -0.123. The molecule has 2 aromatic rings. The van der Waals surface area contributed by atoms with Crippen LogP contribution in [0.1, 0.15) is 23.0 Å². The first kappa shape index (κ1) is 15.6. The van der Waals surface area contributed by atoms with Gasteiger partial charge in [-0.2, -0.15) is 0 Å². The molecule has 6 nitrogen and oxygen atoms in total. The van der Waals surface area contributed by atoms with Crippen LogP contribution in [0.2, 0.25) is 0 Å². The number of ether oxygens (including phenoxy) is 2. The summed E-state index contributed by atoms with van der Waals surface area (Å²) in [5.41, 5.74) is 0.484. The second-order valence-corrected chi connectivity index (χ2v) is 4.40. The Bertz CT molecular complexity index is 621. The molecule has 1 amide bonds. The monoisotopic (exact) mass is 303 g/mol. The van der Waals surface area contributed by atoms with E-state index in [9.17, 15) is 9.59 Å². The molecule has 1 N–H and O–H groups in total. The normalized spacial score (nSPS) is 10.0. The summed E-state index contributed by atoms with van der Waals surface area (Å²) in [7, 11) is 0. The van der Waals surface area contributed by atoms with Gasteiger partial charge in [-0.05, 0) is 37.3 Å². The van der Waals surface area contributed by atoms with E-state index < -0.39 is 0 Å². The van der Waals surface area contributed by atoms with Crippen LogP contribution in [0.4, 0.5) is 0 Å². The van der Waals surface area contributed by atoms with E-state index in [1.54, 1.807) is 36.6 Å². The van der Waals surface area contributed by atoms with Gasteiger partial charge in [-0.25, -0.2) is 0 Å². The van der Waals surface area contributed by atoms with Gasteiger partial charge in [-0.3, -0.25) is 9.59 Å². The van der Waals surface area contributed by atoms with Crippen molar-refractivity contribution in [3.8, 4) is 11.5 Å². The van der Waals surface area contributed by atoms with Gasteiger partial charge in [0.25, 0.3) is 5.91 Å². The number of hydrogen-bond donors (Lipinski definition) is 1. The van der Waals surface area contributed by atoms with Gasteiger partial charge in [0.1, 0.15) is 12.0 Å². The van der Waals surface area contributed by atoms with Crippen LogP contribution in [0.5, 0.6) is 11.5 Å². The Morgan fingerprint density at radius 3 is 2.82 bits per heavy atom. The summed E-state index contributed by atoms with van der Waals surface area (Å²) >= 11 is 0. The van der Waals surface area contributed by atoms with Gasteiger partial charge in [-0.1, -0.05) is 0 Å². The Hall–Kier alpha value is -2.76. The van der Waals surface area contributed by atoms with E-state index in [2.05, 4.69) is 5.32 Å². The number of furan rings is 1. The van der Waals surface area contributed by atoms with Crippen molar-refractivity contribution in [2.45, 2.75) is 13.5 Å². The van der Waals surface area contributed by atoms with Crippen molar-refractivity contribution in [1.29, 1.82) is 0 Å². The predicted octanol–water partition coefficient (Wildman–Crippen LogP) is 2.19. The molecule has 0 atom stereocenters. The van der Waals surface area contributed by atoms with Crippen LogP contribution in [0.15, 0.2) is 41.0 Å². The van der Waals surface area contributed by atoms with Crippen molar-refractivity contribution in [2.24, 2.45) is 0 Å². The summed E-state index contributed by atoms with van der Waals surface area (Å²) in [5.74, 6) is 1.24. The smallest absolute Gasteiger partial charge is 0.258 e. The number of hydrogen-bond acceptors (Lipinski definition) is 5. The van der Waals surface area contributed by atoms with Crippen molar-refractivity contribution in [1.82, 2.24) is 5.32 Å². The van der Waals surface area contributed by atoms with E-state index >= 15 is 0 Å². The molecule has 116 valence electrons. The maximum absolute atomic E-state index is 11.7. The van der Waals surface area contributed by atoms with E-state index in [0.29, 0.717) is 36.0 Å². The van der Waals surface area contributed by atoms with E-state index in [4.69, 9.17) is 13.9 Å². The van der Waals surface area contributed by atoms with Crippen molar-refractivity contribution >= 4 is 12.2 Å². The molecule has 22 heavy (non-hydrogen) atoms. The quantitative estimate of drug-likeness (QED) is 0.756. The summed E-state index contributed by atoms with van der Waals surface area (Å²) in [6, 6.07) is 8.31. The number of amides is 1. The minimum atomic E-state index is -0.279. The maximum Gasteiger partial charge on any atom is 0.258 e. The molecule has 1 aromatic carbocycles. The molecule has 0 aliphatic rings. The SMILES string of the molecule is CCOc1cc(C=O)ccc1OCC(=O)NCc1ccco1. The number of rotatable bonds is 8. The molecule has 6 heteroatoms. The fraction of sp³-hybridized carbons (Fsp3) is 0.250. The average molecular weight is 303 g/mol. The van der Waals surface area contributed by atoms with Crippen molar-refractivity contribution in [3.63, 3.8) is 0 Å². The molecule has 0 fully saturated rings. The molecule has 2 rings (SSSR count). The fourth-order valence-corrected chi connectivity index (χ4v) is 1.78. The van der Waals surface area contributed by atoms with Crippen LogP contribution in [-0.2, 0) is 11.3 Å². The molecule has 1 heterocycles. The van der Waals surface area contributed by atoms with Crippen LogP contribution < -0.4 is 14.8 Å². The number of nitrogens with one attached hydrogen (secondary N) is 1. The van der Waals surface area contributed by atoms with Gasteiger partial charge >= 0.3 is 0 Å². The first-order valence-corrected chi connectivity index (χ1v) is 6.87. The van der Waals surface area contributed by atoms with Gasteiger partial charge < -0.3 is 19.2 Å². The van der Waals surface area contributed by atoms with Crippen molar-refractivity contribution in [2.75, 3.05) is 13.2 Å². The van der Waals surface area contributed by atoms with E-state index in [1.165, 1.54) is 0 Å². The van der Waals surface area contributed by atoms with Crippen LogP contribution in [0.25, 0.3) is 0 Å². The van der Waals surface area contributed by atoms with Crippen LogP contribution in [0, 0.1) is 0 Å². The minimum Gasteiger partial charge on any atom is -0.490 e. The lowest BCUT2D eigenvalue weighted by Gasteiger charge is -2.12. The molecule has 0 aliphatic carbocycles. The van der Waals surface area contributed by atoms with E-state index in [1.807, 2.05) is 6.92 Å². The van der Waals surface area contributed by atoms with Crippen LogP contribution in [0.3, 0.4) is 0 Å². The van der Waals surface area contributed by atoms with Crippen molar-refractivity contribution < 1.29 is 23.5 Å². The molecule has 0 saturated heterocycles. The molecular formula is C16H17NO5. The van der Waals surface area contributed by atoms with Gasteiger partial charge in [0.2, 0.25) is 0 Å². The van der Waals surface area contributed by atoms with Crippen molar-refractivity contribution in [3.05, 3.63) is 47.9 Å². The largest absolute Gasteiger partial charge is 0.490 e. The molecule has 0 saturated carbocycles. The molecular weight excluding hydrogens is 286 g/mol. The third-order valence-electron chi connectivity index (χ3n) is 2.80. The van der Waals surface area contributed by atoms with Crippen LogP contribution in [-0.4, -0.2) is 25.4 Å². The lowest BCUT2D eigenvalue weighted by Crippen LogP contribution is -2.28. The second kappa shape index (κ2) is 7.87. The van der Waals surface area contributed by atoms with Gasteiger partial charge in [0.05, 0.1) is 19.4 Å². The highest BCUT2D eigenvalue weighted by Crippen LogP contribution is 2.27. The summed E-state index contributed by atoms with van der Waals surface area (Å²) in [6.07, 6.45) is 2.27. The molecule has 0 spiro atoms. The Balaban J connectivity index is 1.89.